The molecule has 1 aromatic heterocycles. The van der Waals surface area contributed by atoms with Crippen LogP contribution in [0.5, 0.6) is 5.75 Å². The molecule has 5 heteroatoms. The lowest BCUT2D eigenvalue weighted by Gasteiger charge is -2.05. The zero-order valence-corrected chi connectivity index (χ0v) is 9.03. The van der Waals surface area contributed by atoms with Gasteiger partial charge in [-0.05, 0) is 24.6 Å². The van der Waals surface area contributed by atoms with Gasteiger partial charge in [0.25, 0.3) is 0 Å². The molecule has 2 rings (SSSR count). The number of benzene rings is 1. The molecule has 84 valence electrons. The summed E-state index contributed by atoms with van der Waals surface area (Å²) in [6.07, 6.45) is 0. The third kappa shape index (κ3) is 2.36. The van der Waals surface area contributed by atoms with Crippen molar-refractivity contribution in [1.29, 1.82) is 0 Å². The number of halogens is 1. The molecule has 1 heterocycles. The predicted octanol–water partition coefficient (Wildman–Crippen LogP) is 2.40. The van der Waals surface area contributed by atoms with Gasteiger partial charge in [-0.15, -0.1) is 0 Å². The standard InChI is InChI=1S/C11H11FN2O2/c1-7-3-4-9(12)10(5-7)15-6-11-13-8(2)16-14-11/h3-5H,6H2,1-2H3. The van der Waals surface area contributed by atoms with Crippen LogP contribution in [0.4, 0.5) is 4.39 Å². The van der Waals surface area contributed by atoms with Crippen molar-refractivity contribution in [3.63, 3.8) is 0 Å². The summed E-state index contributed by atoms with van der Waals surface area (Å²) in [5.41, 5.74) is 0.931. The maximum atomic E-state index is 13.3. The molecule has 0 atom stereocenters. The summed E-state index contributed by atoms with van der Waals surface area (Å²) in [6.45, 7) is 3.65. The molecule has 0 unspecified atom stereocenters. The molecule has 0 radical (unpaired) electrons. The van der Waals surface area contributed by atoms with Crippen LogP contribution >= 0.6 is 0 Å². The van der Waals surface area contributed by atoms with Crippen molar-refractivity contribution >= 4 is 0 Å². The third-order valence-corrected chi connectivity index (χ3v) is 2.01. The van der Waals surface area contributed by atoms with Gasteiger partial charge in [0.05, 0.1) is 0 Å². The van der Waals surface area contributed by atoms with Crippen molar-refractivity contribution in [3.8, 4) is 5.75 Å². The number of nitrogens with zero attached hydrogens (tertiary/aromatic N) is 2. The molecule has 0 aliphatic rings. The van der Waals surface area contributed by atoms with Gasteiger partial charge in [-0.3, -0.25) is 0 Å². The lowest BCUT2D eigenvalue weighted by molar-refractivity contribution is 0.272. The fraction of sp³-hybridized carbons (Fsp3) is 0.273. The Morgan fingerprint density at radius 3 is 2.88 bits per heavy atom. The minimum absolute atomic E-state index is 0.0950. The molecule has 2 aromatic rings. The van der Waals surface area contributed by atoms with Gasteiger partial charge in [0.2, 0.25) is 11.7 Å². The minimum Gasteiger partial charge on any atom is -0.482 e. The van der Waals surface area contributed by atoms with Crippen molar-refractivity contribution in [3.05, 3.63) is 41.3 Å². The molecule has 0 fully saturated rings. The normalized spacial score (nSPS) is 10.4. The van der Waals surface area contributed by atoms with Crippen LogP contribution in [0.15, 0.2) is 22.7 Å². The Balaban J connectivity index is 2.07. The predicted molar refractivity (Wildman–Crippen MR) is 54.5 cm³/mol. The number of aromatic nitrogens is 2. The van der Waals surface area contributed by atoms with E-state index in [1.54, 1.807) is 19.1 Å². The lowest BCUT2D eigenvalue weighted by atomic mass is 10.2. The Morgan fingerprint density at radius 2 is 2.19 bits per heavy atom. The first-order chi connectivity index (χ1) is 7.65. The van der Waals surface area contributed by atoms with Crippen LogP contribution in [0.2, 0.25) is 0 Å². The van der Waals surface area contributed by atoms with Crippen molar-refractivity contribution in [2.45, 2.75) is 20.5 Å². The zero-order valence-electron chi connectivity index (χ0n) is 9.03. The Morgan fingerprint density at radius 1 is 1.38 bits per heavy atom. The molecular weight excluding hydrogens is 211 g/mol. The third-order valence-electron chi connectivity index (χ3n) is 2.01. The average Bonchev–Trinajstić information content (AvgIpc) is 2.66. The van der Waals surface area contributed by atoms with Gasteiger partial charge in [0, 0.05) is 6.92 Å². The summed E-state index contributed by atoms with van der Waals surface area (Å²) < 4.78 is 23.3. The molecule has 0 saturated carbocycles. The van der Waals surface area contributed by atoms with Crippen LogP contribution in [0.25, 0.3) is 0 Å². The van der Waals surface area contributed by atoms with Crippen LogP contribution in [-0.2, 0) is 6.61 Å². The monoisotopic (exact) mass is 222 g/mol. The number of rotatable bonds is 3. The Bertz CT molecular complexity index is 496. The highest BCUT2D eigenvalue weighted by atomic mass is 19.1. The van der Waals surface area contributed by atoms with Gasteiger partial charge in [-0.2, -0.15) is 4.98 Å². The van der Waals surface area contributed by atoms with Gasteiger partial charge in [-0.1, -0.05) is 11.2 Å². The quantitative estimate of drug-likeness (QED) is 0.800. The lowest BCUT2D eigenvalue weighted by Crippen LogP contribution is -1.99. The molecule has 16 heavy (non-hydrogen) atoms. The fourth-order valence-corrected chi connectivity index (χ4v) is 1.26. The van der Waals surface area contributed by atoms with Crippen LogP contribution in [0.3, 0.4) is 0 Å². The molecule has 0 N–H and O–H groups in total. The van der Waals surface area contributed by atoms with E-state index in [4.69, 9.17) is 9.26 Å². The van der Waals surface area contributed by atoms with E-state index in [9.17, 15) is 4.39 Å². The van der Waals surface area contributed by atoms with E-state index >= 15 is 0 Å². The number of ether oxygens (including phenoxy) is 1. The van der Waals surface area contributed by atoms with E-state index in [1.807, 2.05) is 6.92 Å². The molecule has 0 aliphatic carbocycles. The SMILES string of the molecule is Cc1ccc(F)c(OCc2noc(C)n2)c1. The largest absolute Gasteiger partial charge is 0.482 e. The highest BCUT2D eigenvalue weighted by Crippen LogP contribution is 2.19. The highest BCUT2D eigenvalue weighted by Gasteiger charge is 2.06. The van der Waals surface area contributed by atoms with Crippen LogP contribution in [-0.4, -0.2) is 10.1 Å². The molecule has 0 saturated heterocycles. The van der Waals surface area contributed by atoms with E-state index in [-0.39, 0.29) is 12.4 Å². The summed E-state index contributed by atoms with van der Waals surface area (Å²) in [6, 6.07) is 4.68. The van der Waals surface area contributed by atoms with Crippen molar-refractivity contribution in [2.75, 3.05) is 0 Å². The van der Waals surface area contributed by atoms with Crippen LogP contribution < -0.4 is 4.74 Å². The number of hydrogen-bond acceptors (Lipinski definition) is 4. The topological polar surface area (TPSA) is 48.2 Å². The fourth-order valence-electron chi connectivity index (χ4n) is 1.26. The van der Waals surface area contributed by atoms with Gasteiger partial charge in [-0.25, -0.2) is 4.39 Å². The van der Waals surface area contributed by atoms with Crippen LogP contribution in [0.1, 0.15) is 17.3 Å². The van der Waals surface area contributed by atoms with E-state index in [0.717, 1.165) is 5.56 Å². The second kappa shape index (κ2) is 4.30. The Hall–Kier alpha value is -1.91. The van der Waals surface area contributed by atoms with E-state index in [0.29, 0.717) is 11.7 Å². The second-order valence-corrected chi connectivity index (χ2v) is 3.45. The first kappa shape index (κ1) is 10.6. The molecular formula is C11H11FN2O2. The maximum Gasteiger partial charge on any atom is 0.223 e. The summed E-state index contributed by atoms with van der Waals surface area (Å²) in [5, 5.41) is 3.65. The maximum absolute atomic E-state index is 13.3. The summed E-state index contributed by atoms with van der Waals surface area (Å²) >= 11 is 0. The molecule has 0 amide bonds. The van der Waals surface area contributed by atoms with Gasteiger partial charge >= 0.3 is 0 Å². The van der Waals surface area contributed by atoms with Crippen LogP contribution in [0, 0.1) is 19.7 Å². The molecule has 0 spiro atoms. The Kier molecular flexibility index (Phi) is 2.85. The molecule has 4 nitrogen and oxygen atoms in total. The van der Waals surface area contributed by atoms with Gasteiger partial charge in [0.15, 0.2) is 18.2 Å². The smallest absolute Gasteiger partial charge is 0.223 e. The van der Waals surface area contributed by atoms with E-state index in [2.05, 4.69) is 10.1 Å². The minimum atomic E-state index is -0.397. The number of aryl methyl sites for hydroxylation is 2. The molecule has 0 aliphatic heterocycles. The summed E-state index contributed by atoms with van der Waals surface area (Å²) in [5.74, 6) is 0.662. The van der Waals surface area contributed by atoms with Crippen molar-refractivity contribution in [1.82, 2.24) is 10.1 Å². The molecule has 0 bridgehead atoms. The first-order valence-corrected chi connectivity index (χ1v) is 4.83. The van der Waals surface area contributed by atoms with Crippen molar-refractivity contribution < 1.29 is 13.7 Å². The average molecular weight is 222 g/mol. The Labute approximate surface area is 92.0 Å². The second-order valence-electron chi connectivity index (χ2n) is 3.45. The highest BCUT2D eigenvalue weighted by molar-refractivity contribution is 5.29. The van der Waals surface area contributed by atoms with Gasteiger partial charge in [0.1, 0.15) is 0 Å². The summed E-state index contributed by atoms with van der Waals surface area (Å²) in [7, 11) is 0. The summed E-state index contributed by atoms with van der Waals surface area (Å²) in [4.78, 5) is 3.95. The van der Waals surface area contributed by atoms with E-state index < -0.39 is 5.82 Å². The molecule has 1 aromatic carbocycles. The van der Waals surface area contributed by atoms with Crippen molar-refractivity contribution in [2.24, 2.45) is 0 Å². The zero-order chi connectivity index (χ0) is 11.5. The first-order valence-electron chi connectivity index (χ1n) is 4.83. The van der Waals surface area contributed by atoms with Gasteiger partial charge < -0.3 is 9.26 Å². The number of hydrogen-bond donors (Lipinski definition) is 0. The van der Waals surface area contributed by atoms with E-state index in [1.165, 1.54) is 6.07 Å².